The number of fused-ring (bicyclic) bond motifs is 1. The van der Waals surface area contributed by atoms with Crippen LogP contribution in [0.15, 0.2) is 53.7 Å². The third-order valence-corrected chi connectivity index (χ3v) is 5.94. The lowest BCUT2D eigenvalue weighted by Gasteiger charge is -2.28. The number of nitrogens with zero attached hydrogens (tertiary/aromatic N) is 4. The van der Waals surface area contributed by atoms with E-state index in [-0.39, 0.29) is 22.9 Å². The van der Waals surface area contributed by atoms with Gasteiger partial charge in [0.25, 0.3) is 15.9 Å². The third kappa shape index (κ3) is 4.05. The number of aromatic nitrogens is 3. The number of nitrogens with one attached hydrogen (secondary N) is 1. The number of carboxylic acid groups (broad SMARTS) is 1. The van der Waals surface area contributed by atoms with Gasteiger partial charge in [-0.3, -0.25) is 19.2 Å². The standard InChI is InChI=1S/C19H17N5O6S/c1-23-11-20-21-19(23)12-3-2-4-13(7-12)22-31(28,29)14-5-6-16-15(8-14)24(9-18(26)27)17(25)10-30-16/h2-8,11,22H,9-10H2,1H3,(H,26,27). The second-order valence-electron chi connectivity index (χ2n) is 6.74. The number of aryl methyl sites for hydroxylation is 1. The van der Waals surface area contributed by atoms with Gasteiger partial charge >= 0.3 is 5.97 Å². The maximum Gasteiger partial charge on any atom is 0.323 e. The van der Waals surface area contributed by atoms with Crippen LogP contribution in [0.1, 0.15) is 0 Å². The van der Waals surface area contributed by atoms with E-state index in [9.17, 15) is 18.0 Å². The molecule has 2 N–H and O–H groups in total. The third-order valence-electron chi connectivity index (χ3n) is 4.56. The predicted octanol–water partition coefficient (Wildman–Crippen LogP) is 1.09. The second kappa shape index (κ2) is 7.72. The summed E-state index contributed by atoms with van der Waals surface area (Å²) >= 11 is 0. The molecule has 3 aromatic rings. The first-order valence-electron chi connectivity index (χ1n) is 9.01. The first-order chi connectivity index (χ1) is 14.7. The number of rotatable bonds is 6. The summed E-state index contributed by atoms with van der Waals surface area (Å²) in [6.07, 6.45) is 1.53. The van der Waals surface area contributed by atoms with Crippen LogP contribution < -0.4 is 14.4 Å². The van der Waals surface area contributed by atoms with Gasteiger partial charge < -0.3 is 14.4 Å². The van der Waals surface area contributed by atoms with Gasteiger partial charge in [-0.2, -0.15) is 0 Å². The number of benzene rings is 2. The number of hydrogen-bond acceptors (Lipinski definition) is 7. The van der Waals surface area contributed by atoms with Gasteiger partial charge in [-0.15, -0.1) is 10.2 Å². The van der Waals surface area contributed by atoms with Gasteiger partial charge in [-0.25, -0.2) is 8.42 Å². The van der Waals surface area contributed by atoms with E-state index in [1.165, 1.54) is 24.5 Å². The lowest BCUT2D eigenvalue weighted by molar-refractivity contribution is -0.137. The first-order valence-corrected chi connectivity index (χ1v) is 10.5. The highest BCUT2D eigenvalue weighted by atomic mass is 32.2. The number of aliphatic carboxylic acids is 1. The van der Waals surface area contributed by atoms with Crippen LogP contribution >= 0.6 is 0 Å². The summed E-state index contributed by atoms with van der Waals surface area (Å²) in [4.78, 5) is 24.0. The number of carboxylic acids is 1. The molecule has 160 valence electrons. The zero-order valence-corrected chi connectivity index (χ0v) is 17.0. The number of anilines is 2. The SMILES string of the molecule is Cn1cnnc1-c1cccc(NS(=O)(=O)c2ccc3c(c2)N(CC(=O)O)C(=O)CO3)c1. The Morgan fingerprint density at radius 1 is 1.26 bits per heavy atom. The summed E-state index contributed by atoms with van der Waals surface area (Å²) in [6.45, 7) is -0.925. The Morgan fingerprint density at radius 3 is 2.77 bits per heavy atom. The number of hydrogen-bond donors (Lipinski definition) is 2. The highest BCUT2D eigenvalue weighted by Gasteiger charge is 2.29. The average molecular weight is 443 g/mol. The van der Waals surface area contributed by atoms with Gasteiger partial charge in [0, 0.05) is 18.3 Å². The zero-order valence-electron chi connectivity index (χ0n) is 16.2. The number of carbonyl (C=O) groups excluding carboxylic acids is 1. The molecule has 0 saturated carbocycles. The van der Waals surface area contributed by atoms with Gasteiger partial charge in [-0.1, -0.05) is 12.1 Å². The molecule has 2 heterocycles. The first kappa shape index (κ1) is 20.3. The van der Waals surface area contributed by atoms with Crippen molar-refractivity contribution in [2.75, 3.05) is 22.8 Å². The normalized spacial score (nSPS) is 13.5. The second-order valence-corrected chi connectivity index (χ2v) is 8.43. The highest BCUT2D eigenvalue weighted by Crippen LogP contribution is 2.34. The predicted molar refractivity (Wildman–Crippen MR) is 109 cm³/mol. The Bertz CT molecular complexity index is 1290. The van der Waals surface area contributed by atoms with Crippen molar-refractivity contribution in [1.29, 1.82) is 0 Å². The topological polar surface area (TPSA) is 144 Å². The van der Waals surface area contributed by atoms with Crippen LogP contribution in [0.3, 0.4) is 0 Å². The van der Waals surface area contributed by atoms with E-state index in [0.717, 1.165) is 4.90 Å². The van der Waals surface area contributed by atoms with E-state index in [4.69, 9.17) is 9.84 Å². The summed E-state index contributed by atoms with van der Waals surface area (Å²) in [6, 6.07) is 10.6. The molecule has 0 radical (unpaired) electrons. The molecule has 4 rings (SSSR count). The molecular formula is C19H17N5O6S. The molecule has 1 aliphatic rings. The number of ether oxygens (including phenoxy) is 1. The molecule has 1 aromatic heterocycles. The van der Waals surface area contributed by atoms with Crippen LogP contribution in [-0.4, -0.2) is 53.3 Å². The van der Waals surface area contributed by atoms with E-state index in [0.29, 0.717) is 17.1 Å². The van der Waals surface area contributed by atoms with Crippen molar-refractivity contribution in [2.24, 2.45) is 7.05 Å². The molecule has 0 unspecified atom stereocenters. The van der Waals surface area contributed by atoms with Crippen molar-refractivity contribution < 1.29 is 27.9 Å². The minimum atomic E-state index is -4.05. The molecular weight excluding hydrogens is 426 g/mol. The van der Waals surface area contributed by atoms with E-state index < -0.39 is 28.4 Å². The van der Waals surface area contributed by atoms with Crippen molar-refractivity contribution in [3.05, 3.63) is 48.8 Å². The van der Waals surface area contributed by atoms with Crippen LogP contribution in [-0.2, 0) is 26.7 Å². The van der Waals surface area contributed by atoms with Gasteiger partial charge in [0.1, 0.15) is 18.6 Å². The van der Waals surface area contributed by atoms with Crippen molar-refractivity contribution in [3.63, 3.8) is 0 Å². The Morgan fingerprint density at radius 2 is 2.06 bits per heavy atom. The van der Waals surface area contributed by atoms with Crippen LogP contribution in [0.4, 0.5) is 11.4 Å². The molecule has 11 nitrogen and oxygen atoms in total. The number of amides is 1. The van der Waals surface area contributed by atoms with Gasteiger partial charge in [-0.05, 0) is 30.3 Å². The molecule has 0 saturated heterocycles. The van der Waals surface area contributed by atoms with Crippen molar-refractivity contribution >= 4 is 33.3 Å². The smallest absolute Gasteiger partial charge is 0.323 e. The van der Waals surface area contributed by atoms with Crippen molar-refractivity contribution in [1.82, 2.24) is 14.8 Å². The highest BCUT2D eigenvalue weighted by molar-refractivity contribution is 7.92. The van der Waals surface area contributed by atoms with Gasteiger partial charge in [0.2, 0.25) is 0 Å². The van der Waals surface area contributed by atoms with E-state index in [2.05, 4.69) is 14.9 Å². The zero-order chi connectivity index (χ0) is 22.2. The van der Waals surface area contributed by atoms with Crippen LogP contribution in [0.2, 0.25) is 0 Å². The van der Waals surface area contributed by atoms with Crippen LogP contribution in [0.5, 0.6) is 5.75 Å². The molecule has 1 aliphatic heterocycles. The maximum atomic E-state index is 13.0. The lowest BCUT2D eigenvalue weighted by Crippen LogP contribution is -2.42. The summed E-state index contributed by atoms with van der Waals surface area (Å²) in [5.41, 5.74) is 1.04. The number of sulfonamides is 1. The molecule has 0 atom stereocenters. The van der Waals surface area contributed by atoms with E-state index in [1.807, 2.05) is 0 Å². The number of carbonyl (C=O) groups is 2. The minimum absolute atomic E-state index is 0.0781. The Hall–Kier alpha value is -3.93. The summed E-state index contributed by atoms with van der Waals surface area (Å²) in [5, 5.41) is 16.9. The van der Waals surface area contributed by atoms with Gasteiger partial charge in [0.05, 0.1) is 10.6 Å². The lowest BCUT2D eigenvalue weighted by atomic mass is 10.2. The quantitative estimate of drug-likeness (QED) is 0.576. The molecule has 0 fully saturated rings. The summed E-state index contributed by atoms with van der Waals surface area (Å²) < 4.78 is 35.4. The molecule has 1 amide bonds. The Kier molecular flexibility index (Phi) is 5.07. The molecule has 2 aromatic carbocycles. The Labute approximate surface area is 176 Å². The Balaban J connectivity index is 1.66. The minimum Gasteiger partial charge on any atom is -0.482 e. The average Bonchev–Trinajstić information content (AvgIpc) is 3.15. The van der Waals surface area contributed by atoms with E-state index >= 15 is 0 Å². The van der Waals surface area contributed by atoms with Crippen LogP contribution in [0, 0.1) is 0 Å². The molecule has 0 bridgehead atoms. The fraction of sp³-hybridized carbons (Fsp3) is 0.158. The fourth-order valence-corrected chi connectivity index (χ4v) is 4.21. The van der Waals surface area contributed by atoms with Crippen molar-refractivity contribution in [2.45, 2.75) is 4.90 Å². The summed E-state index contributed by atoms with van der Waals surface area (Å²) in [5.74, 6) is -1.01. The van der Waals surface area contributed by atoms with E-state index in [1.54, 1.807) is 35.9 Å². The molecule has 0 spiro atoms. The largest absolute Gasteiger partial charge is 0.482 e. The molecule has 31 heavy (non-hydrogen) atoms. The van der Waals surface area contributed by atoms with Gasteiger partial charge in [0.15, 0.2) is 12.4 Å². The molecule has 12 heteroatoms. The maximum absolute atomic E-state index is 13.0. The fourth-order valence-electron chi connectivity index (χ4n) is 3.14. The van der Waals surface area contributed by atoms with Crippen LogP contribution in [0.25, 0.3) is 11.4 Å². The van der Waals surface area contributed by atoms with Crippen molar-refractivity contribution in [3.8, 4) is 17.1 Å². The monoisotopic (exact) mass is 443 g/mol. The molecule has 0 aliphatic carbocycles. The summed E-state index contributed by atoms with van der Waals surface area (Å²) in [7, 11) is -2.28.